The quantitative estimate of drug-likeness (QED) is 0.452. The Morgan fingerprint density at radius 2 is 1.79 bits per heavy atom. The second-order valence-electron chi connectivity index (χ2n) is 9.55. The summed E-state index contributed by atoms with van der Waals surface area (Å²) in [6.07, 6.45) is -2.83. The summed E-state index contributed by atoms with van der Waals surface area (Å²) in [5, 5.41) is 0.109. The number of ether oxygens (including phenoxy) is 1. The van der Waals surface area contributed by atoms with E-state index in [4.69, 9.17) is 27.9 Å². The molecule has 0 unspecified atom stereocenters. The van der Waals surface area contributed by atoms with Gasteiger partial charge in [-0.1, -0.05) is 35.3 Å². The van der Waals surface area contributed by atoms with Crippen molar-refractivity contribution < 1.29 is 22.7 Å². The number of halogens is 5. The van der Waals surface area contributed by atoms with Crippen molar-refractivity contribution in [2.45, 2.75) is 57.9 Å². The Bertz CT molecular complexity index is 1070. The number of anilines is 1. The minimum absolute atomic E-state index is 0.0179. The van der Waals surface area contributed by atoms with Crippen LogP contribution in [0.4, 0.5) is 23.8 Å². The van der Waals surface area contributed by atoms with E-state index >= 15 is 0 Å². The number of piperidine rings is 1. The zero-order valence-electron chi connectivity index (χ0n) is 19.6. The largest absolute Gasteiger partial charge is 0.444 e. The molecule has 0 atom stereocenters. The first-order valence-electron chi connectivity index (χ1n) is 10.7. The van der Waals surface area contributed by atoms with Crippen LogP contribution in [0.3, 0.4) is 0 Å². The maximum atomic E-state index is 13.9. The first-order valence-corrected chi connectivity index (χ1v) is 11.5. The number of hydrogen-bond acceptors (Lipinski definition) is 5. The number of alkyl halides is 3. The Morgan fingerprint density at radius 3 is 2.35 bits per heavy atom. The minimum atomic E-state index is -4.74. The third-order valence-corrected chi connectivity index (χ3v) is 6.70. The molecule has 1 aliphatic rings. The van der Waals surface area contributed by atoms with Gasteiger partial charge in [-0.15, -0.1) is 0 Å². The number of rotatable bonds is 3. The number of carbonyl (C=O) groups excluding carboxylic acids is 1. The van der Waals surface area contributed by atoms with E-state index in [9.17, 15) is 18.0 Å². The van der Waals surface area contributed by atoms with Crippen LogP contribution in [0.25, 0.3) is 11.3 Å². The normalized spacial score (nSPS) is 16.4. The third-order valence-electron chi connectivity index (χ3n) is 5.88. The summed E-state index contributed by atoms with van der Waals surface area (Å²) in [5.74, 6) is 0.108. The van der Waals surface area contributed by atoms with Gasteiger partial charge in [0.05, 0.1) is 16.2 Å². The molecule has 1 saturated heterocycles. The van der Waals surface area contributed by atoms with Crippen LogP contribution in [-0.4, -0.2) is 52.2 Å². The molecule has 1 fully saturated rings. The van der Waals surface area contributed by atoms with Crippen molar-refractivity contribution in [1.82, 2.24) is 14.9 Å². The molecular formula is C23H27Cl2F3N4O2. The van der Waals surface area contributed by atoms with E-state index < -0.39 is 29.1 Å². The number of hydrogen-bond donors (Lipinski definition) is 0. The fourth-order valence-corrected chi connectivity index (χ4v) is 4.11. The molecule has 2 aromatic rings. The van der Waals surface area contributed by atoms with Crippen LogP contribution in [0.5, 0.6) is 0 Å². The topological polar surface area (TPSA) is 58.6 Å². The van der Waals surface area contributed by atoms with Crippen LogP contribution in [0.1, 0.15) is 46.2 Å². The first kappa shape index (κ1) is 26.3. The molecule has 0 bridgehead atoms. The predicted molar refractivity (Wildman–Crippen MR) is 126 cm³/mol. The molecule has 0 saturated carbocycles. The van der Waals surface area contributed by atoms with E-state index in [0.717, 1.165) is 0 Å². The first-order chi connectivity index (χ1) is 15.6. The van der Waals surface area contributed by atoms with Crippen molar-refractivity contribution in [3.05, 3.63) is 40.1 Å². The second-order valence-corrected chi connectivity index (χ2v) is 10.3. The summed E-state index contributed by atoms with van der Waals surface area (Å²) in [6, 6.07) is 4.42. The van der Waals surface area contributed by atoms with E-state index in [2.05, 4.69) is 9.97 Å². The van der Waals surface area contributed by atoms with Crippen LogP contribution >= 0.6 is 23.2 Å². The van der Waals surface area contributed by atoms with Crippen LogP contribution in [-0.2, 0) is 10.9 Å². The molecule has 1 aliphatic heterocycles. The monoisotopic (exact) mass is 518 g/mol. The molecule has 0 aliphatic carbocycles. The van der Waals surface area contributed by atoms with Gasteiger partial charge in [-0.25, -0.2) is 9.78 Å². The lowest BCUT2D eigenvalue weighted by Gasteiger charge is -2.45. The molecule has 1 aromatic heterocycles. The SMILES string of the molecule is CN(C(=O)OC(C)(C)C)C1(C)CCN(c2cnc(-c3cccc(Cl)c3Cl)c(C(F)(F)F)n2)CC1. The standard InChI is InChI=1S/C23H27Cl2F3N4O2/c1-21(2,3)34-20(33)31(5)22(4)9-11-32(12-10-22)16-13-29-18(19(30-16)23(26,27)28)14-7-6-8-15(24)17(14)25/h6-8,13H,9-12H2,1-5H3. The van der Waals surface area contributed by atoms with E-state index in [0.29, 0.717) is 25.9 Å². The van der Waals surface area contributed by atoms with E-state index in [1.165, 1.54) is 24.4 Å². The van der Waals surface area contributed by atoms with Gasteiger partial charge >= 0.3 is 12.3 Å². The van der Waals surface area contributed by atoms with Gasteiger partial charge in [0, 0.05) is 31.2 Å². The van der Waals surface area contributed by atoms with Crippen molar-refractivity contribution in [1.29, 1.82) is 0 Å². The third kappa shape index (κ3) is 5.68. The van der Waals surface area contributed by atoms with Crippen LogP contribution in [0.2, 0.25) is 10.0 Å². The summed E-state index contributed by atoms with van der Waals surface area (Å²) in [6.45, 7) is 8.10. The van der Waals surface area contributed by atoms with Crippen LogP contribution < -0.4 is 4.90 Å². The van der Waals surface area contributed by atoms with E-state index in [-0.39, 0.29) is 27.1 Å². The molecule has 3 rings (SSSR count). The van der Waals surface area contributed by atoms with Gasteiger partial charge in [0.2, 0.25) is 0 Å². The van der Waals surface area contributed by atoms with Gasteiger partial charge in [0.1, 0.15) is 17.1 Å². The fraction of sp³-hybridized carbons (Fsp3) is 0.522. The molecule has 1 amide bonds. The molecule has 1 aromatic carbocycles. The molecule has 6 nitrogen and oxygen atoms in total. The van der Waals surface area contributed by atoms with Crippen LogP contribution in [0.15, 0.2) is 24.4 Å². The van der Waals surface area contributed by atoms with Crippen molar-refractivity contribution in [3.8, 4) is 11.3 Å². The van der Waals surface area contributed by atoms with Gasteiger partial charge in [0.25, 0.3) is 0 Å². The highest BCUT2D eigenvalue weighted by Crippen LogP contribution is 2.40. The number of aromatic nitrogens is 2. The highest BCUT2D eigenvalue weighted by molar-refractivity contribution is 6.43. The molecule has 0 N–H and O–H groups in total. The van der Waals surface area contributed by atoms with Crippen molar-refractivity contribution >= 4 is 35.1 Å². The summed E-state index contributed by atoms with van der Waals surface area (Å²) in [5.41, 5.74) is -2.58. The summed E-state index contributed by atoms with van der Waals surface area (Å²) in [4.78, 5) is 23.8. The van der Waals surface area contributed by atoms with E-state index in [1.807, 2.05) is 6.92 Å². The molecule has 2 heterocycles. The molecular weight excluding hydrogens is 492 g/mol. The highest BCUT2D eigenvalue weighted by Gasteiger charge is 2.41. The van der Waals surface area contributed by atoms with Gasteiger partial charge in [-0.3, -0.25) is 4.98 Å². The molecule has 0 radical (unpaired) electrons. The Kier molecular flexibility index (Phi) is 7.30. The average Bonchev–Trinajstić information content (AvgIpc) is 2.73. The number of amides is 1. The Labute approximate surface area is 207 Å². The fourth-order valence-electron chi connectivity index (χ4n) is 3.72. The lowest BCUT2D eigenvalue weighted by molar-refractivity contribution is -0.140. The number of carbonyl (C=O) groups is 1. The van der Waals surface area contributed by atoms with Crippen molar-refractivity contribution in [2.75, 3.05) is 25.0 Å². The molecule has 186 valence electrons. The smallest absolute Gasteiger partial charge is 0.435 e. The zero-order valence-corrected chi connectivity index (χ0v) is 21.1. The van der Waals surface area contributed by atoms with Crippen molar-refractivity contribution in [2.24, 2.45) is 0 Å². The zero-order chi connectivity index (χ0) is 25.5. The van der Waals surface area contributed by atoms with Crippen molar-refractivity contribution in [3.63, 3.8) is 0 Å². The molecule has 34 heavy (non-hydrogen) atoms. The van der Waals surface area contributed by atoms with Crippen LogP contribution in [0, 0.1) is 0 Å². The van der Waals surface area contributed by atoms with Gasteiger partial charge < -0.3 is 14.5 Å². The number of benzene rings is 1. The maximum absolute atomic E-state index is 13.9. The Hall–Kier alpha value is -2.26. The van der Waals surface area contributed by atoms with Gasteiger partial charge in [-0.2, -0.15) is 13.2 Å². The minimum Gasteiger partial charge on any atom is -0.444 e. The average molecular weight is 519 g/mol. The second kappa shape index (κ2) is 9.41. The van der Waals surface area contributed by atoms with E-state index in [1.54, 1.807) is 37.6 Å². The molecule has 0 spiro atoms. The maximum Gasteiger partial charge on any atom is 0.435 e. The van der Waals surface area contributed by atoms with Gasteiger partial charge in [-0.05, 0) is 46.6 Å². The van der Waals surface area contributed by atoms with Gasteiger partial charge in [0.15, 0.2) is 5.69 Å². The summed E-state index contributed by atoms with van der Waals surface area (Å²) < 4.78 is 47.2. The summed E-state index contributed by atoms with van der Waals surface area (Å²) in [7, 11) is 1.68. The Balaban J connectivity index is 1.84. The number of nitrogens with zero attached hydrogens (tertiary/aromatic N) is 4. The lowest BCUT2D eigenvalue weighted by atomic mass is 9.88. The molecule has 11 heteroatoms. The summed E-state index contributed by atoms with van der Waals surface area (Å²) >= 11 is 12.1. The predicted octanol–water partition coefficient (Wildman–Crippen LogP) is 6.70. The lowest BCUT2D eigenvalue weighted by Crippen LogP contribution is -2.55. The highest BCUT2D eigenvalue weighted by atomic mass is 35.5. The Morgan fingerprint density at radius 1 is 1.18 bits per heavy atom.